The molecule has 2 aromatic rings. The molecule has 3 rings (SSSR count). The van der Waals surface area contributed by atoms with E-state index in [1.807, 2.05) is 13.0 Å². The van der Waals surface area contributed by atoms with Gasteiger partial charge < -0.3 is 15.6 Å². The summed E-state index contributed by atoms with van der Waals surface area (Å²) in [5.41, 5.74) is 3.56. The molecule has 5 nitrogen and oxygen atoms in total. The van der Waals surface area contributed by atoms with E-state index in [4.69, 9.17) is 0 Å². The van der Waals surface area contributed by atoms with Crippen molar-refractivity contribution in [3.05, 3.63) is 52.8 Å². The first-order valence-corrected chi connectivity index (χ1v) is 6.02. The lowest BCUT2D eigenvalue weighted by molar-refractivity contribution is 0.0964. The van der Waals surface area contributed by atoms with Crippen molar-refractivity contribution >= 4 is 17.5 Å². The number of hydrogen-bond acceptors (Lipinski definition) is 2. The Morgan fingerprint density at radius 3 is 2.89 bits per heavy atom. The Balaban J connectivity index is 1.91. The van der Waals surface area contributed by atoms with E-state index in [9.17, 15) is 9.59 Å². The highest BCUT2D eigenvalue weighted by molar-refractivity contribution is 6.06. The number of aromatic nitrogens is 1. The second-order valence-electron chi connectivity index (χ2n) is 4.50. The molecule has 0 atom stereocenters. The molecule has 5 heteroatoms. The van der Waals surface area contributed by atoms with Crippen LogP contribution in [0.3, 0.4) is 0 Å². The number of fused-ring (bicyclic) bond motifs is 1. The molecular weight excluding hydrogens is 242 g/mol. The summed E-state index contributed by atoms with van der Waals surface area (Å²) in [4.78, 5) is 26.6. The van der Waals surface area contributed by atoms with Crippen LogP contribution in [0.1, 0.15) is 32.0 Å². The van der Waals surface area contributed by atoms with Crippen LogP contribution in [0.25, 0.3) is 0 Å². The normalized spacial score (nSPS) is 13.0. The third kappa shape index (κ3) is 1.89. The van der Waals surface area contributed by atoms with Crippen LogP contribution in [0.5, 0.6) is 0 Å². The second-order valence-corrected chi connectivity index (χ2v) is 4.50. The van der Waals surface area contributed by atoms with Gasteiger partial charge in [0.2, 0.25) is 0 Å². The zero-order chi connectivity index (χ0) is 13.4. The quantitative estimate of drug-likeness (QED) is 0.765. The summed E-state index contributed by atoms with van der Waals surface area (Å²) in [5.74, 6) is -0.294. The van der Waals surface area contributed by atoms with E-state index in [1.165, 1.54) is 0 Å². The van der Waals surface area contributed by atoms with Crippen molar-refractivity contribution in [1.82, 2.24) is 10.3 Å². The standard InChI is InChI=1S/C14H13N3O2/c1-8-5-6-15-12(8)14(19)17-11-4-2-3-9-10(11)7-16-13(9)18/h2-6,15H,7H2,1H3,(H,16,18)(H,17,19). The predicted molar refractivity (Wildman–Crippen MR) is 71.1 cm³/mol. The van der Waals surface area contributed by atoms with Gasteiger partial charge in [0.25, 0.3) is 11.8 Å². The number of nitrogens with one attached hydrogen (secondary N) is 3. The van der Waals surface area contributed by atoms with Gasteiger partial charge in [-0.15, -0.1) is 0 Å². The maximum absolute atomic E-state index is 12.1. The third-order valence-corrected chi connectivity index (χ3v) is 3.28. The number of amides is 2. The number of H-pyrrole nitrogens is 1. The Morgan fingerprint density at radius 2 is 2.16 bits per heavy atom. The molecule has 0 aliphatic carbocycles. The number of hydrogen-bond donors (Lipinski definition) is 3. The first-order chi connectivity index (χ1) is 9.16. The number of aromatic amines is 1. The maximum Gasteiger partial charge on any atom is 0.272 e. The molecule has 0 spiro atoms. The molecule has 0 unspecified atom stereocenters. The molecule has 3 N–H and O–H groups in total. The molecule has 2 heterocycles. The van der Waals surface area contributed by atoms with Crippen LogP contribution < -0.4 is 10.6 Å². The minimum absolute atomic E-state index is 0.0952. The van der Waals surface area contributed by atoms with Crippen LogP contribution in [0.2, 0.25) is 0 Å². The van der Waals surface area contributed by atoms with Gasteiger partial charge in [-0.05, 0) is 30.7 Å². The highest BCUT2D eigenvalue weighted by atomic mass is 16.2. The number of aryl methyl sites for hydroxylation is 1. The number of benzene rings is 1. The van der Waals surface area contributed by atoms with Gasteiger partial charge in [-0.25, -0.2) is 0 Å². The van der Waals surface area contributed by atoms with E-state index in [1.54, 1.807) is 24.4 Å². The number of carbonyl (C=O) groups excluding carboxylic acids is 2. The van der Waals surface area contributed by atoms with E-state index in [0.717, 1.165) is 11.1 Å². The Labute approximate surface area is 110 Å². The number of rotatable bonds is 2. The molecule has 1 aromatic heterocycles. The minimum atomic E-state index is -0.199. The second kappa shape index (κ2) is 4.28. The Morgan fingerprint density at radius 1 is 1.32 bits per heavy atom. The van der Waals surface area contributed by atoms with Gasteiger partial charge in [0, 0.05) is 29.6 Å². The smallest absolute Gasteiger partial charge is 0.272 e. The Bertz CT molecular complexity index is 673. The van der Waals surface area contributed by atoms with Crippen molar-refractivity contribution in [3.8, 4) is 0 Å². The van der Waals surface area contributed by atoms with Crippen LogP contribution in [0.15, 0.2) is 30.5 Å². The topological polar surface area (TPSA) is 74.0 Å². The van der Waals surface area contributed by atoms with Gasteiger partial charge in [0.15, 0.2) is 0 Å². The highest BCUT2D eigenvalue weighted by Crippen LogP contribution is 2.24. The lowest BCUT2D eigenvalue weighted by atomic mass is 10.1. The van der Waals surface area contributed by atoms with Crippen molar-refractivity contribution in [2.45, 2.75) is 13.5 Å². The zero-order valence-electron chi connectivity index (χ0n) is 10.4. The molecule has 1 aliphatic heterocycles. The first kappa shape index (κ1) is 11.5. The fraction of sp³-hybridized carbons (Fsp3) is 0.143. The summed E-state index contributed by atoms with van der Waals surface area (Å²) < 4.78 is 0. The summed E-state index contributed by atoms with van der Waals surface area (Å²) in [6.07, 6.45) is 1.73. The number of carbonyl (C=O) groups is 2. The van der Waals surface area contributed by atoms with Gasteiger partial charge in [0.1, 0.15) is 5.69 Å². The largest absolute Gasteiger partial charge is 0.357 e. The molecule has 1 aliphatic rings. The molecule has 0 saturated heterocycles. The number of anilines is 1. The van der Waals surface area contributed by atoms with Gasteiger partial charge >= 0.3 is 0 Å². The first-order valence-electron chi connectivity index (χ1n) is 6.02. The molecule has 19 heavy (non-hydrogen) atoms. The molecule has 96 valence electrons. The Hall–Kier alpha value is -2.56. The Kier molecular flexibility index (Phi) is 2.59. The van der Waals surface area contributed by atoms with Crippen LogP contribution >= 0.6 is 0 Å². The van der Waals surface area contributed by atoms with Crippen molar-refractivity contribution < 1.29 is 9.59 Å². The van der Waals surface area contributed by atoms with E-state index in [0.29, 0.717) is 23.5 Å². The summed E-state index contributed by atoms with van der Waals surface area (Å²) in [6.45, 7) is 2.32. The predicted octanol–water partition coefficient (Wildman–Crippen LogP) is 1.82. The third-order valence-electron chi connectivity index (χ3n) is 3.28. The van der Waals surface area contributed by atoms with Crippen LogP contribution in [-0.2, 0) is 6.54 Å². The molecule has 0 radical (unpaired) electrons. The average molecular weight is 255 g/mol. The summed E-state index contributed by atoms with van der Waals surface area (Å²) in [7, 11) is 0. The van der Waals surface area contributed by atoms with E-state index in [-0.39, 0.29) is 11.8 Å². The van der Waals surface area contributed by atoms with Gasteiger partial charge in [-0.3, -0.25) is 9.59 Å². The van der Waals surface area contributed by atoms with E-state index >= 15 is 0 Å². The lowest BCUT2D eigenvalue weighted by Gasteiger charge is -2.08. The van der Waals surface area contributed by atoms with Crippen molar-refractivity contribution in [1.29, 1.82) is 0 Å². The molecule has 0 bridgehead atoms. The van der Waals surface area contributed by atoms with Crippen molar-refractivity contribution in [2.24, 2.45) is 0 Å². The minimum Gasteiger partial charge on any atom is -0.357 e. The summed E-state index contributed by atoms with van der Waals surface area (Å²) in [6, 6.07) is 7.17. The van der Waals surface area contributed by atoms with E-state index < -0.39 is 0 Å². The highest BCUT2D eigenvalue weighted by Gasteiger charge is 2.22. The van der Waals surface area contributed by atoms with E-state index in [2.05, 4.69) is 15.6 Å². The summed E-state index contributed by atoms with van der Waals surface area (Å²) >= 11 is 0. The van der Waals surface area contributed by atoms with Crippen LogP contribution in [0, 0.1) is 6.92 Å². The van der Waals surface area contributed by atoms with Crippen LogP contribution in [0.4, 0.5) is 5.69 Å². The molecule has 2 amide bonds. The van der Waals surface area contributed by atoms with Crippen molar-refractivity contribution in [3.63, 3.8) is 0 Å². The summed E-state index contributed by atoms with van der Waals surface area (Å²) in [5, 5.41) is 5.59. The van der Waals surface area contributed by atoms with Gasteiger partial charge in [-0.1, -0.05) is 6.07 Å². The monoisotopic (exact) mass is 255 g/mol. The molecule has 1 aromatic carbocycles. The van der Waals surface area contributed by atoms with Crippen LogP contribution in [-0.4, -0.2) is 16.8 Å². The zero-order valence-corrected chi connectivity index (χ0v) is 10.4. The van der Waals surface area contributed by atoms with Crippen molar-refractivity contribution in [2.75, 3.05) is 5.32 Å². The van der Waals surface area contributed by atoms with Gasteiger partial charge in [-0.2, -0.15) is 0 Å². The molecule has 0 fully saturated rings. The molecular formula is C14H13N3O2. The maximum atomic E-state index is 12.1. The SMILES string of the molecule is Cc1cc[nH]c1C(=O)Nc1cccc2c1CNC2=O. The lowest BCUT2D eigenvalue weighted by Crippen LogP contribution is -2.15. The van der Waals surface area contributed by atoms with Gasteiger partial charge in [0.05, 0.1) is 0 Å². The fourth-order valence-corrected chi connectivity index (χ4v) is 2.25. The average Bonchev–Trinajstić information content (AvgIpc) is 2.97. The molecule has 0 saturated carbocycles. The fourth-order valence-electron chi connectivity index (χ4n) is 2.25.